The Morgan fingerprint density at radius 1 is 1.33 bits per heavy atom. The summed E-state index contributed by atoms with van der Waals surface area (Å²) < 4.78 is 8.31. The van der Waals surface area contributed by atoms with Gasteiger partial charge >= 0.3 is 0 Å². The number of anilines is 1. The summed E-state index contributed by atoms with van der Waals surface area (Å²) in [6.45, 7) is 4.07. The molecule has 0 spiro atoms. The smallest absolute Gasteiger partial charge is 0.130 e. The van der Waals surface area contributed by atoms with Gasteiger partial charge in [-0.1, -0.05) is 30.1 Å². The molecule has 0 aliphatic carbocycles. The summed E-state index contributed by atoms with van der Waals surface area (Å²) in [6.07, 6.45) is 0.643. The average Bonchev–Trinajstić information content (AvgIpc) is 2.78. The maximum atomic E-state index is 9.99. The van der Waals surface area contributed by atoms with Gasteiger partial charge in [-0.05, 0) is 19.4 Å². The van der Waals surface area contributed by atoms with E-state index in [1.165, 1.54) is 0 Å². The van der Waals surface area contributed by atoms with Crippen LogP contribution >= 0.6 is 23.2 Å². The SMILES string of the molecule is CCC(C)(O)CNc1c(Cl)cc(Cl)c2c1N=S=N2. The fraction of sp³-hybridized carbons (Fsp3) is 0.455. The lowest BCUT2D eigenvalue weighted by Gasteiger charge is -2.23. The second-order valence-corrected chi connectivity index (χ2v) is 5.72. The topological polar surface area (TPSA) is 57.0 Å². The van der Waals surface area contributed by atoms with Crippen LogP contribution in [0.3, 0.4) is 0 Å². The standard InChI is InChI=1S/C11H13Cl2N3OS/c1-3-11(2,17)5-14-8-6(12)4-7(13)9-10(8)16-18-15-9/h4,14,17H,3,5H2,1-2H3. The Labute approximate surface area is 119 Å². The Morgan fingerprint density at radius 2 is 2.00 bits per heavy atom. The Hall–Kier alpha value is -0.620. The van der Waals surface area contributed by atoms with E-state index < -0.39 is 5.60 Å². The predicted molar refractivity (Wildman–Crippen MR) is 77.4 cm³/mol. The molecule has 98 valence electrons. The van der Waals surface area contributed by atoms with Gasteiger partial charge < -0.3 is 10.4 Å². The van der Waals surface area contributed by atoms with Crippen LogP contribution in [-0.2, 0) is 11.4 Å². The number of benzene rings is 1. The lowest BCUT2D eigenvalue weighted by atomic mass is 10.0. The molecule has 1 aromatic rings. The van der Waals surface area contributed by atoms with Crippen LogP contribution in [0.1, 0.15) is 20.3 Å². The lowest BCUT2D eigenvalue weighted by Crippen LogP contribution is -2.32. The second-order valence-electron chi connectivity index (χ2n) is 4.38. The van der Waals surface area contributed by atoms with E-state index in [2.05, 4.69) is 14.0 Å². The van der Waals surface area contributed by atoms with Gasteiger partial charge in [-0.15, -0.1) is 0 Å². The summed E-state index contributed by atoms with van der Waals surface area (Å²) in [4.78, 5) is 0. The van der Waals surface area contributed by atoms with Gasteiger partial charge in [0.2, 0.25) is 0 Å². The monoisotopic (exact) mass is 305 g/mol. The number of hydrogen-bond acceptors (Lipinski definition) is 4. The van der Waals surface area contributed by atoms with E-state index in [1.54, 1.807) is 13.0 Å². The van der Waals surface area contributed by atoms with Gasteiger partial charge in [0.1, 0.15) is 11.4 Å². The number of hydrogen-bond donors (Lipinski definition) is 2. The molecule has 1 heterocycles. The molecule has 1 unspecified atom stereocenters. The quantitative estimate of drug-likeness (QED) is 0.885. The summed E-state index contributed by atoms with van der Waals surface area (Å²) in [6, 6.07) is 1.63. The van der Waals surface area contributed by atoms with Crippen LogP contribution in [-0.4, -0.2) is 17.3 Å². The maximum Gasteiger partial charge on any atom is 0.130 e. The van der Waals surface area contributed by atoms with Gasteiger partial charge in [0.25, 0.3) is 0 Å². The first kappa shape index (κ1) is 13.8. The molecular weight excluding hydrogens is 293 g/mol. The fourth-order valence-corrected chi connectivity index (χ4v) is 2.63. The number of aliphatic hydroxyl groups is 1. The molecule has 4 nitrogen and oxygen atoms in total. The fourth-order valence-electron chi connectivity index (χ4n) is 1.45. The highest BCUT2D eigenvalue weighted by molar-refractivity contribution is 7.58. The molecule has 0 fully saturated rings. The zero-order valence-corrected chi connectivity index (χ0v) is 12.3. The molecule has 2 N–H and O–H groups in total. The first-order valence-electron chi connectivity index (χ1n) is 5.51. The normalized spacial score (nSPS) is 16.1. The molecule has 0 bridgehead atoms. The van der Waals surface area contributed by atoms with Crippen molar-refractivity contribution in [1.29, 1.82) is 0 Å². The Kier molecular flexibility index (Phi) is 3.96. The summed E-state index contributed by atoms with van der Waals surface area (Å²) in [7, 11) is 0. The van der Waals surface area contributed by atoms with Crippen LogP contribution in [0.25, 0.3) is 0 Å². The van der Waals surface area contributed by atoms with Gasteiger partial charge in [0.15, 0.2) is 0 Å². The van der Waals surface area contributed by atoms with Crippen molar-refractivity contribution in [1.82, 2.24) is 0 Å². The van der Waals surface area contributed by atoms with Crippen molar-refractivity contribution in [2.24, 2.45) is 8.73 Å². The van der Waals surface area contributed by atoms with Crippen molar-refractivity contribution in [3.8, 4) is 0 Å². The first-order chi connectivity index (χ1) is 8.44. The maximum absolute atomic E-state index is 9.99. The van der Waals surface area contributed by atoms with E-state index >= 15 is 0 Å². The minimum atomic E-state index is -0.793. The molecule has 1 aliphatic rings. The minimum absolute atomic E-state index is 0.386. The third kappa shape index (κ3) is 2.69. The molecule has 0 radical (unpaired) electrons. The minimum Gasteiger partial charge on any atom is -0.388 e. The van der Waals surface area contributed by atoms with Gasteiger partial charge in [0, 0.05) is 6.54 Å². The summed E-state index contributed by atoms with van der Waals surface area (Å²) >= 11 is 13.3. The van der Waals surface area contributed by atoms with Crippen molar-refractivity contribution in [2.75, 3.05) is 11.9 Å². The van der Waals surface area contributed by atoms with Crippen molar-refractivity contribution >= 4 is 51.6 Å². The van der Waals surface area contributed by atoms with Crippen molar-refractivity contribution in [3.05, 3.63) is 16.1 Å². The average molecular weight is 306 g/mol. The van der Waals surface area contributed by atoms with Gasteiger partial charge in [-0.2, -0.15) is 8.73 Å². The molecule has 1 atom stereocenters. The number of rotatable bonds is 4. The van der Waals surface area contributed by atoms with E-state index in [-0.39, 0.29) is 0 Å². The molecule has 18 heavy (non-hydrogen) atoms. The Balaban J connectivity index is 2.30. The summed E-state index contributed by atoms with van der Waals surface area (Å²) in [5, 5.41) is 14.1. The highest BCUT2D eigenvalue weighted by Gasteiger charge is 2.22. The Bertz CT molecular complexity index is 554. The molecule has 1 aliphatic heterocycles. The summed E-state index contributed by atoms with van der Waals surface area (Å²) in [5.74, 6) is 0. The number of nitrogens with one attached hydrogen (secondary N) is 1. The Morgan fingerprint density at radius 3 is 2.67 bits per heavy atom. The highest BCUT2D eigenvalue weighted by Crippen LogP contribution is 2.47. The third-order valence-corrected chi connectivity index (χ3v) is 3.97. The van der Waals surface area contributed by atoms with Crippen molar-refractivity contribution < 1.29 is 5.11 Å². The molecule has 0 saturated heterocycles. The van der Waals surface area contributed by atoms with Crippen LogP contribution in [0.4, 0.5) is 17.1 Å². The van der Waals surface area contributed by atoms with E-state index in [0.717, 1.165) is 11.4 Å². The number of halogens is 2. The largest absolute Gasteiger partial charge is 0.388 e. The van der Waals surface area contributed by atoms with Crippen LogP contribution in [0, 0.1) is 0 Å². The van der Waals surface area contributed by atoms with Crippen LogP contribution in [0.15, 0.2) is 14.8 Å². The third-order valence-electron chi connectivity index (χ3n) is 2.85. The lowest BCUT2D eigenvalue weighted by molar-refractivity contribution is 0.0697. The molecule has 2 rings (SSSR count). The molecule has 0 aromatic heterocycles. The van der Waals surface area contributed by atoms with Crippen LogP contribution in [0.2, 0.25) is 10.0 Å². The van der Waals surface area contributed by atoms with E-state index in [0.29, 0.717) is 40.1 Å². The zero-order valence-electron chi connectivity index (χ0n) is 10.00. The van der Waals surface area contributed by atoms with E-state index in [4.69, 9.17) is 23.2 Å². The predicted octanol–water partition coefficient (Wildman–Crippen LogP) is 4.29. The van der Waals surface area contributed by atoms with E-state index in [1.807, 2.05) is 6.92 Å². The van der Waals surface area contributed by atoms with Gasteiger partial charge in [-0.3, -0.25) is 0 Å². The van der Waals surface area contributed by atoms with Crippen LogP contribution in [0.5, 0.6) is 0 Å². The molecule has 7 heteroatoms. The second kappa shape index (κ2) is 5.17. The molecular formula is C11H13Cl2N3OS. The number of nitrogens with zero attached hydrogens (tertiary/aromatic N) is 2. The summed E-state index contributed by atoms with van der Waals surface area (Å²) in [5.41, 5.74) is 1.14. The van der Waals surface area contributed by atoms with E-state index in [9.17, 15) is 5.11 Å². The van der Waals surface area contributed by atoms with Gasteiger partial charge in [-0.25, -0.2) is 0 Å². The first-order valence-corrected chi connectivity index (χ1v) is 7.00. The molecule has 1 aromatic carbocycles. The van der Waals surface area contributed by atoms with Crippen LogP contribution < -0.4 is 5.32 Å². The van der Waals surface area contributed by atoms with Crippen molar-refractivity contribution in [3.63, 3.8) is 0 Å². The highest BCUT2D eigenvalue weighted by atomic mass is 35.5. The van der Waals surface area contributed by atoms with Crippen molar-refractivity contribution in [2.45, 2.75) is 25.9 Å². The molecule has 0 saturated carbocycles. The zero-order chi connectivity index (χ0) is 13.3. The number of fused-ring (bicyclic) bond motifs is 1. The van der Waals surface area contributed by atoms with Gasteiger partial charge in [0.05, 0.1) is 32.7 Å². The molecule has 0 amide bonds.